The van der Waals surface area contributed by atoms with Gasteiger partial charge in [-0.15, -0.1) is 0 Å². The predicted octanol–water partition coefficient (Wildman–Crippen LogP) is 2.02. The molecular formula is C8H6BrClN4O2S. The van der Waals surface area contributed by atoms with Gasteiger partial charge in [-0.3, -0.25) is 0 Å². The summed E-state index contributed by atoms with van der Waals surface area (Å²) < 4.78 is 26.8. The number of rotatable bonds is 3. The summed E-state index contributed by atoms with van der Waals surface area (Å²) in [6.07, 6.45) is 1.19. The molecule has 0 spiro atoms. The molecule has 0 aliphatic carbocycles. The number of aromatic nitrogens is 3. The van der Waals surface area contributed by atoms with Crippen LogP contribution in [0.3, 0.4) is 0 Å². The lowest BCUT2D eigenvalue weighted by Gasteiger charge is -2.07. The zero-order valence-electron chi connectivity index (χ0n) is 8.18. The van der Waals surface area contributed by atoms with Crippen molar-refractivity contribution in [2.45, 2.75) is 4.90 Å². The average molecular weight is 338 g/mol. The Morgan fingerprint density at radius 3 is 2.82 bits per heavy atom. The van der Waals surface area contributed by atoms with Gasteiger partial charge in [-0.2, -0.15) is 10.1 Å². The summed E-state index contributed by atoms with van der Waals surface area (Å²) >= 11 is 9.01. The van der Waals surface area contributed by atoms with Crippen LogP contribution in [0, 0.1) is 0 Å². The van der Waals surface area contributed by atoms with E-state index in [1.165, 1.54) is 18.5 Å². The topological polar surface area (TPSA) is 87.7 Å². The highest BCUT2D eigenvalue weighted by Gasteiger charge is 2.19. The zero-order valence-corrected chi connectivity index (χ0v) is 11.3. The fraction of sp³-hybridized carbons (Fsp3) is 0. The summed E-state index contributed by atoms with van der Waals surface area (Å²) in [6, 6.07) is 4.54. The Hall–Kier alpha value is -1.12. The van der Waals surface area contributed by atoms with E-state index in [0.717, 1.165) is 0 Å². The summed E-state index contributed by atoms with van der Waals surface area (Å²) in [5.41, 5.74) is 0. The molecule has 0 bridgehead atoms. The maximum absolute atomic E-state index is 12.0. The molecule has 0 saturated carbocycles. The number of aromatic amines is 1. The van der Waals surface area contributed by atoms with Gasteiger partial charge in [0.25, 0.3) is 10.0 Å². The molecule has 0 aliphatic heterocycles. The van der Waals surface area contributed by atoms with Crippen molar-refractivity contribution in [3.63, 3.8) is 0 Å². The molecule has 2 aromatic rings. The van der Waals surface area contributed by atoms with Gasteiger partial charge in [-0.05, 0) is 18.2 Å². The third-order valence-electron chi connectivity index (χ3n) is 1.83. The van der Waals surface area contributed by atoms with Crippen LogP contribution in [-0.2, 0) is 10.0 Å². The van der Waals surface area contributed by atoms with Gasteiger partial charge in [0.05, 0.1) is 5.02 Å². The normalized spacial score (nSPS) is 11.4. The molecule has 6 nitrogen and oxygen atoms in total. The SMILES string of the molecule is O=S(=O)(Nc1ncn[nH]1)c1cc(Br)ccc1Cl. The summed E-state index contributed by atoms with van der Waals surface area (Å²) in [4.78, 5) is 3.63. The zero-order chi connectivity index (χ0) is 12.5. The van der Waals surface area contributed by atoms with Crippen molar-refractivity contribution < 1.29 is 8.42 Å². The number of anilines is 1. The number of hydrogen-bond acceptors (Lipinski definition) is 4. The molecule has 2 N–H and O–H groups in total. The second-order valence-corrected chi connectivity index (χ2v) is 5.99. The van der Waals surface area contributed by atoms with E-state index in [0.29, 0.717) is 4.47 Å². The third kappa shape index (κ3) is 2.76. The van der Waals surface area contributed by atoms with Gasteiger partial charge in [0.1, 0.15) is 11.2 Å². The Bertz CT molecular complexity index is 629. The Morgan fingerprint density at radius 1 is 1.41 bits per heavy atom. The van der Waals surface area contributed by atoms with Crippen LogP contribution in [0.15, 0.2) is 33.9 Å². The molecule has 0 unspecified atom stereocenters. The lowest BCUT2D eigenvalue weighted by atomic mass is 10.4. The van der Waals surface area contributed by atoms with Crippen LogP contribution in [0.2, 0.25) is 5.02 Å². The van der Waals surface area contributed by atoms with Gasteiger partial charge in [-0.1, -0.05) is 27.5 Å². The van der Waals surface area contributed by atoms with E-state index in [1.54, 1.807) is 6.07 Å². The van der Waals surface area contributed by atoms with Crippen molar-refractivity contribution in [1.82, 2.24) is 15.2 Å². The minimum absolute atomic E-state index is 0.0287. The molecule has 0 aliphatic rings. The number of hydrogen-bond donors (Lipinski definition) is 2. The van der Waals surface area contributed by atoms with E-state index < -0.39 is 10.0 Å². The molecule has 1 aromatic carbocycles. The average Bonchev–Trinajstić information content (AvgIpc) is 2.73. The van der Waals surface area contributed by atoms with Crippen LogP contribution >= 0.6 is 27.5 Å². The van der Waals surface area contributed by atoms with Crippen molar-refractivity contribution in [3.8, 4) is 0 Å². The smallest absolute Gasteiger partial charge is 0.248 e. The molecule has 0 atom stereocenters. The van der Waals surface area contributed by atoms with Gasteiger partial charge >= 0.3 is 0 Å². The summed E-state index contributed by atoms with van der Waals surface area (Å²) in [6.45, 7) is 0. The number of nitrogens with one attached hydrogen (secondary N) is 2. The van der Waals surface area contributed by atoms with Crippen LogP contribution in [-0.4, -0.2) is 23.6 Å². The monoisotopic (exact) mass is 336 g/mol. The first-order chi connectivity index (χ1) is 7.99. The first-order valence-electron chi connectivity index (χ1n) is 4.32. The van der Waals surface area contributed by atoms with E-state index in [2.05, 4.69) is 35.8 Å². The van der Waals surface area contributed by atoms with E-state index in [9.17, 15) is 8.42 Å². The molecule has 0 radical (unpaired) electrons. The van der Waals surface area contributed by atoms with E-state index in [-0.39, 0.29) is 15.9 Å². The number of halogens is 2. The van der Waals surface area contributed by atoms with Crippen LogP contribution < -0.4 is 4.72 Å². The fourth-order valence-electron chi connectivity index (χ4n) is 1.12. The minimum atomic E-state index is -3.78. The second kappa shape index (κ2) is 4.63. The lowest BCUT2D eigenvalue weighted by molar-refractivity contribution is 0.601. The Balaban J connectivity index is 2.41. The highest BCUT2D eigenvalue weighted by atomic mass is 79.9. The fourth-order valence-corrected chi connectivity index (χ4v) is 3.12. The second-order valence-electron chi connectivity index (χ2n) is 3.01. The maximum Gasteiger partial charge on any atom is 0.265 e. The first-order valence-corrected chi connectivity index (χ1v) is 6.98. The summed E-state index contributed by atoms with van der Waals surface area (Å²) in [5.74, 6) is 0.0287. The van der Waals surface area contributed by atoms with Crippen LogP contribution in [0.1, 0.15) is 0 Å². The Kier molecular flexibility index (Phi) is 3.36. The van der Waals surface area contributed by atoms with Crippen LogP contribution in [0.4, 0.5) is 5.95 Å². The number of H-pyrrole nitrogens is 1. The van der Waals surface area contributed by atoms with Crippen LogP contribution in [0.5, 0.6) is 0 Å². The lowest BCUT2D eigenvalue weighted by Crippen LogP contribution is -2.14. The Morgan fingerprint density at radius 2 is 2.18 bits per heavy atom. The Labute approximate surface area is 111 Å². The van der Waals surface area contributed by atoms with Gasteiger partial charge in [0, 0.05) is 4.47 Å². The maximum atomic E-state index is 12.0. The van der Waals surface area contributed by atoms with E-state index in [4.69, 9.17) is 11.6 Å². The van der Waals surface area contributed by atoms with Crippen molar-refractivity contribution in [2.75, 3.05) is 4.72 Å². The molecule has 2 rings (SSSR count). The van der Waals surface area contributed by atoms with Crippen molar-refractivity contribution in [2.24, 2.45) is 0 Å². The standard InChI is InChI=1S/C8H6BrClN4O2S/c9-5-1-2-6(10)7(3-5)17(15,16)14-8-11-4-12-13-8/h1-4H,(H2,11,12,13,14). The summed E-state index contributed by atoms with van der Waals surface area (Å²) in [5, 5.41) is 6.05. The largest absolute Gasteiger partial charge is 0.265 e. The molecule has 1 aromatic heterocycles. The third-order valence-corrected chi connectivity index (χ3v) is 4.14. The van der Waals surface area contributed by atoms with Gasteiger partial charge in [0.15, 0.2) is 0 Å². The van der Waals surface area contributed by atoms with E-state index >= 15 is 0 Å². The molecule has 0 saturated heterocycles. The summed E-state index contributed by atoms with van der Waals surface area (Å²) in [7, 11) is -3.78. The molecule has 90 valence electrons. The van der Waals surface area contributed by atoms with E-state index in [1.807, 2.05) is 0 Å². The van der Waals surface area contributed by atoms with Crippen LogP contribution in [0.25, 0.3) is 0 Å². The van der Waals surface area contributed by atoms with Crippen molar-refractivity contribution >= 4 is 43.5 Å². The molecular weight excluding hydrogens is 332 g/mol. The molecule has 9 heteroatoms. The highest BCUT2D eigenvalue weighted by molar-refractivity contribution is 9.10. The van der Waals surface area contributed by atoms with Gasteiger partial charge < -0.3 is 0 Å². The number of nitrogens with zero attached hydrogens (tertiary/aromatic N) is 2. The van der Waals surface area contributed by atoms with Gasteiger partial charge in [0.2, 0.25) is 5.95 Å². The van der Waals surface area contributed by atoms with Crippen molar-refractivity contribution in [1.29, 1.82) is 0 Å². The molecule has 1 heterocycles. The highest BCUT2D eigenvalue weighted by Crippen LogP contribution is 2.26. The quantitative estimate of drug-likeness (QED) is 0.897. The predicted molar refractivity (Wildman–Crippen MR) is 66.3 cm³/mol. The number of benzene rings is 1. The minimum Gasteiger partial charge on any atom is -0.248 e. The van der Waals surface area contributed by atoms with Gasteiger partial charge in [-0.25, -0.2) is 18.2 Å². The van der Waals surface area contributed by atoms with Crippen molar-refractivity contribution in [3.05, 3.63) is 34.0 Å². The molecule has 17 heavy (non-hydrogen) atoms. The molecule has 0 fully saturated rings. The first kappa shape index (κ1) is 12.3. The number of sulfonamides is 1. The molecule has 0 amide bonds.